The molecule has 1 aromatic heterocycles. The van der Waals surface area contributed by atoms with Crippen molar-refractivity contribution in [3.63, 3.8) is 0 Å². The summed E-state index contributed by atoms with van der Waals surface area (Å²) in [5.41, 5.74) is 0.663. The van der Waals surface area contributed by atoms with Gasteiger partial charge in [-0.05, 0) is 63.0 Å². The van der Waals surface area contributed by atoms with Gasteiger partial charge in [-0.3, -0.25) is 0 Å². The summed E-state index contributed by atoms with van der Waals surface area (Å²) in [5.74, 6) is 1.47. The van der Waals surface area contributed by atoms with Gasteiger partial charge in [0.05, 0.1) is 5.02 Å². The average Bonchev–Trinajstić information content (AvgIpc) is 3.01. The van der Waals surface area contributed by atoms with Gasteiger partial charge in [0.15, 0.2) is 0 Å². The van der Waals surface area contributed by atoms with Crippen LogP contribution in [0.15, 0.2) is 22.7 Å². The van der Waals surface area contributed by atoms with E-state index in [-0.39, 0.29) is 5.02 Å². The Morgan fingerprint density at radius 1 is 1.35 bits per heavy atom. The minimum absolute atomic E-state index is 0.0631. The van der Waals surface area contributed by atoms with Crippen molar-refractivity contribution in [2.24, 2.45) is 5.92 Å². The lowest BCUT2D eigenvalue weighted by molar-refractivity contribution is 0.189. The molecule has 0 spiro atoms. The molecular formula is C17H21ClFN3O. The molecule has 1 aliphatic rings. The third-order valence-corrected chi connectivity index (χ3v) is 4.68. The Labute approximate surface area is 140 Å². The van der Waals surface area contributed by atoms with Crippen LogP contribution in [0.3, 0.4) is 0 Å². The van der Waals surface area contributed by atoms with Crippen LogP contribution in [-0.2, 0) is 6.42 Å². The molecule has 1 fully saturated rings. The van der Waals surface area contributed by atoms with Crippen LogP contribution in [0.2, 0.25) is 5.02 Å². The van der Waals surface area contributed by atoms with E-state index in [1.807, 2.05) is 0 Å². The van der Waals surface area contributed by atoms with Crippen LogP contribution in [0.5, 0.6) is 0 Å². The molecule has 2 heterocycles. The normalized spacial score (nSPS) is 16.8. The summed E-state index contributed by atoms with van der Waals surface area (Å²) in [6.45, 7) is 5.75. The van der Waals surface area contributed by atoms with E-state index in [1.54, 1.807) is 6.07 Å². The maximum atomic E-state index is 13.2. The molecule has 0 saturated carbocycles. The van der Waals surface area contributed by atoms with Crippen molar-refractivity contribution in [3.05, 3.63) is 34.9 Å². The standard InChI is InChI=1S/C17H21ClFN3O/c1-12-6-9-22(10-7-12)8-2-3-16-20-17(21-23-16)13-4-5-15(19)14(18)11-13/h4-5,11-12H,2-3,6-10H2,1H3. The quantitative estimate of drug-likeness (QED) is 0.820. The van der Waals surface area contributed by atoms with E-state index in [2.05, 4.69) is 22.0 Å². The van der Waals surface area contributed by atoms with Crippen LogP contribution >= 0.6 is 11.6 Å². The van der Waals surface area contributed by atoms with Gasteiger partial charge in [0.1, 0.15) is 5.82 Å². The van der Waals surface area contributed by atoms with Crippen molar-refractivity contribution in [3.8, 4) is 11.4 Å². The molecule has 0 amide bonds. The van der Waals surface area contributed by atoms with Gasteiger partial charge in [0, 0.05) is 12.0 Å². The summed E-state index contributed by atoms with van der Waals surface area (Å²) in [5, 5.41) is 4.01. The summed E-state index contributed by atoms with van der Waals surface area (Å²) in [6, 6.07) is 4.43. The van der Waals surface area contributed by atoms with Crippen molar-refractivity contribution < 1.29 is 8.91 Å². The summed E-state index contributed by atoms with van der Waals surface area (Å²) in [4.78, 5) is 6.87. The number of likely N-dealkylation sites (tertiary alicyclic amines) is 1. The summed E-state index contributed by atoms with van der Waals surface area (Å²) < 4.78 is 18.5. The number of aromatic nitrogens is 2. The van der Waals surface area contributed by atoms with Crippen molar-refractivity contribution in [1.82, 2.24) is 15.0 Å². The first kappa shape index (κ1) is 16.4. The molecule has 23 heavy (non-hydrogen) atoms. The summed E-state index contributed by atoms with van der Waals surface area (Å²) in [6.07, 6.45) is 4.33. The third-order valence-electron chi connectivity index (χ3n) is 4.39. The number of aryl methyl sites for hydroxylation is 1. The minimum Gasteiger partial charge on any atom is -0.339 e. The van der Waals surface area contributed by atoms with Gasteiger partial charge >= 0.3 is 0 Å². The molecule has 0 N–H and O–H groups in total. The highest BCUT2D eigenvalue weighted by atomic mass is 35.5. The van der Waals surface area contributed by atoms with E-state index in [9.17, 15) is 4.39 Å². The SMILES string of the molecule is CC1CCN(CCCc2nc(-c3ccc(F)c(Cl)c3)no2)CC1. The van der Waals surface area contributed by atoms with Gasteiger partial charge in [-0.2, -0.15) is 4.98 Å². The van der Waals surface area contributed by atoms with E-state index in [0.29, 0.717) is 17.3 Å². The molecule has 124 valence electrons. The first-order chi connectivity index (χ1) is 11.1. The fourth-order valence-electron chi connectivity index (χ4n) is 2.85. The first-order valence-electron chi connectivity index (χ1n) is 8.12. The van der Waals surface area contributed by atoms with Gasteiger partial charge < -0.3 is 9.42 Å². The molecule has 0 aliphatic carbocycles. The predicted molar refractivity (Wildman–Crippen MR) is 87.9 cm³/mol. The lowest BCUT2D eigenvalue weighted by Crippen LogP contribution is -2.33. The lowest BCUT2D eigenvalue weighted by Gasteiger charge is -2.29. The number of halogens is 2. The van der Waals surface area contributed by atoms with E-state index in [4.69, 9.17) is 16.1 Å². The topological polar surface area (TPSA) is 42.2 Å². The number of rotatable bonds is 5. The molecule has 0 radical (unpaired) electrons. The van der Waals surface area contributed by atoms with Crippen molar-refractivity contribution in [1.29, 1.82) is 0 Å². The predicted octanol–water partition coefficient (Wildman–Crippen LogP) is 4.19. The van der Waals surface area contributed by atoms with Gasteiger partial charge in [-0.15, -0.1) is 0 Å². The second-order valence-corrected chi connectivity index (χ2v) is 6.68. The van der Waals surface area contributed by atoms with Crippen LogP contribution in [-0.4, -0.2) is 34.7 Å². The van der Waals surface area contributed by atoms with Gasteiger partial charge in [0.25, 0.3) is 0 Å². The third kappa shape index (κ3) is 4.30. The number of hydrogen-bond acceptors (Lipinski definition) is 4. The maximum Gasteiger partial charge on any atom is 0.227 e. The molecule has 1 aromatic carbocycles. The second kappa shape index (κ2) is 7.41. The molecule has 0 unspecified atom stereocenters. The molecule has 0 bridgehead atoms. The van der Waals surface area contributed by atoms with Gasteiger partial charge in [0.2, 0.25) is 11.7 Å². The first-order valence-corrected chi connectivity index (χ1v) is 8.50. The highest BCUT2D eigenvalue weighted by Gasteiger charge is 2.16. The number of nitrogens with zero attached hydrogens (tertiary/aromatic N) is 3. The van der Waals surface area contributed by atoms with Crippen LogP contribution < -0.4 is 0 Å². The van der Waals surface area contributed by atoms with Crippen LogP contribution in [0.1, 0.15) is 32.1 Å². The van der Waals surface area contributed by atoms with E-state index < -0.39 is 5.82 Å². The maximum absolute atomic E-state index is 13.2. The number of piperidine rings is 1. The Kier molecular flexibility index (Phi) is 5.28. The molecule has 1 saturated heterocycles. The monoisotopic (exact) mass is 337 g/mol. The van der Waals surface area contributed by atoms with Crippen molar-refractivity contribution in [2.75, 3.05) is 19.6 Å². The Bertz CT molecular complexity index is 653. The Morgan fingerprint density at radius 3 is 2.87 bits per heavy atom. The second-order valence-electron chi connectivity index (χ2n) is 6.27. The smallest absolute Gasteiger partial charge is 0.227 e. The average molecular weight is 338 g/mol. The van der Waals surface area contributed by atoms with E-state index >= 15 is 0 Å². The van der Waals surface area contributed by atoms with E-state index in [0.717, 1.165) is 25.3 Å². The highest BCUT2D eigenvalue weighted by Crippen LogP contribution is 2.23. The Balaban J connectivity index is 1.52. The Hall–Kier alpha value is -1.46. The molecule has 2 aromatic rings. The fraction of sp³-hybridized carbons (Fsp3) is 0.529. The molecule has 0 atom stereocenters. The van der Waals surface area contributed by atoms with Crippen LogP contribution in [0.25, 0.3) is 11.4 Å². The number of hydrogen-bond donors (Lipinski definition) is 0. The van der Waals surface area contributed by atoms with Crippen LogP contribution in [0.4, 0.5) is 4.39 Å². The van der Waals surface area contributed by atoms with Gasteiger partial charge in [-0.1, -0.05) is 23.7 Å². The van der Waals surface area contributed by atoms with Crippen molar-refractivity contribution in [2.45, 2.75) is 32.6 Å². The highest BCUT2D eigenvalue weighted by molar-refractivity contribution is 6.31. The minimum atomic E-state index is -0.449. The Morgan fingerprint density at radius 2 is 2.13 bits per heavy atom. The largest absolute Gasteiger partial charge is 0.339 e. The fourth-order valence-corrected chi connectivity index (χ4v) is 3.03. The van der Waals surface area contributed by atoms with Crippen LogP contribution in [0, 0.1) is 11.7 Å². The summed E-state index contributed by atoms with van der Waals surface area (Å²) >= 11 is 5.78. The molecule has 4 nitrogen and oxygen atoms in total. The molecule has 3 rings (SSSR count). The molecule has 1 aliphatic heterocycles. The van der Waals surface area contributed by atoms with Crippen molar-refractivity contribution >= 4 is 11.6 Å². The van der Waals surface area contributed by atoms with Gasteiger partial charge in [-0.25, -0.2) is 4.39 Å². The molecule has 6 heteroatoms. The summed E-state index contributed by atoms with van der Waals surface area (Å²) in [7, 11) is 0. The lowest BCUT2D eigenvalue weighted by atomic mass is 9.99. The van der Waals surface area contributed by atoms with E-state index in [1.165, 1.54) is 38.1 Å². The zero-order chi connectivity index (χ0) is 16.2. The number of benzene rings is 1. The zero-order valence-electron chi connectivity index (χ0n) is 13.3. The zero-order valence-corrected chi connectivity index (χ0v) is 14.0. The molecular weight excluding hydrogens is 317 g/mol.